The molecule has 5 nitrogen and oxygen atoms in total. The summed E-state index contributed by atoms with van der Waals surface area (Å²) in [7, 11) is -3.63. The molecule has 4 unspecified atom stereocenters. The monoisotopic (exact) mass is 446 g/mol. The Kier molecular flexibility index (Phi) is 6.48. The van der Waals surface area contributed by atoms with E-state index in [2.05, 4.69) is 24.4 Å². The fourth-order valence-corrected chi connectivity index (χ4v) is 7.55. The first kappa shape index (κ1) is 21.4. The molecule has 7 heteroatoms. The van der Waals surface area contributed by atoms with Gasteiger partial charge in [0.15, 0.2) is 0 Å². The first-order valence-corrected chi connectivity index (χ1v) is 13.2. The predicted octanol–water partition coefficient (Wildman–Crippen LogP) is 5.07. The minimum Gasteiger partial charge on any atom is -0.348 e. The molecule has 0 radical (unpaired) electrons. The number of allylic oxidation sites excluding steroid dienone is 2. The predicted molar refractivity (Wildman–Crippen MR) is 120 cm³/mol. The molecule has 0 spiro atoms. The Labute approximate surface area is 183 Å². The highest BCUT2D eigenvalue weighted by atomic mass is 32.2. The van der Waals surface area contributed by atoms with Crippen molar-refractivity contribution in [3.63, 3.8) is 0 Å². The number of thiophene rings is 1. The molecule has 2 aromatic rings. The molecule has 4 atom stereocenters. The zero-order valence-electron chi connectivity index (χ0n) is 17.4. The van der Waals surface area contributed by atoms with Crippen molar-refractivity contribution in [2.75, 3.05) is 0 Å². The van der Waals surface area contributed by atoms with Crippen LogP contribution in [0.2, 0.25) is 0 Å². The maximum Gasteiger partial charge on any atom is 0.277 e. The van der Waals surface area contributed by atoms with Crippen LogP contribution in [0.15, 0.2) is 53.0 Å². The lowest BCUT2D eigenvalue weighted by Gasteiger charge is -2.31. The molecule has 0 aromatic carbocycles. The zero-order valence-corrected chi connectivity index (χ0v) is 19.0. The molecule has 2 bridgehead atoms. The molecule has 162 valence electrons. The molecular weight excluding hydrogens is 416 g/mol. The smallest absolute Gasteiger partial charge is 0.277 e. The van der Waals surface area contributed by atoms with Gasteiger partial charge in [0.2, 0.25) is 0 Å². The van der Waals surface area contributed by atoms with Gasteiger partial charge >= 0.3 is 0 Å². The first-order chi connectivity index (χ1) is 14.5. The quantitative estimate of drug-likeness (QED) is 0.432. The van der Waals surface area contributed by atoms with Gasteiger partial charge in [-0.05, 0) is 74.1 Å². The number of unbranched alkanes of at least 4 members (excludes halogenated alkanes) is 2. The SMILES string of the molecule is CCCC/C=C/CC1C2CCC(C2)C1NC(=O)c1ccc(S(=O)(=O)n2cccc2)s1. The molecule has 2 aliphatic carbocycles. The summed E-state index contributed by atoms with van der Waals surface area (Å²) in [6, 6.07) is 6.70. The van der Waals surface area contributed by atoms with Crippen LogP contribution in [0.3, 0.4) is 0 Å². The Morgan fingerprint density at radius 3 is 2.73 bits per heavy atom. The molecule has 4 rings (SSSR count). The van der Waals surface area contributed by atoms with Crippen molar-refractivity contribution in [2.24, 2.45) is 17.8 Å². The van der Waals surface area contributed by atoms with Gasteiger partial charge in [0, 0.05) is 18.4 Å². The van der Waals surface area contributed by atoms with Crippen LogP contribution in [0.25, 0.3) is 0 Å². The van der Waals surface area contributed by atoms with Crippen molar-refractivity contribution in [1.82, 2.24) is 9.29 Å². The number of rotatable bonds is 9. The first-order valence-electron chi connectivity index (χ1n) is 10.9. The molecule has 0 saturated heterocycles. The van der Waals surface area contributed by atoms with E-state index < -0.39 is 10.0 Å². The summed E-state index contributed by atoms with van der Waals surface area (Å²) in [5.74, 6) is 1.60. The number of nitrogens with zero attached hydrogens (tertiary/aromatic N) is 1. The molecule has 2 aliphatic rings. The van der Waals surface area contributed by atoms with E-state index in [9.17, 15) is 13.2 Å². The fraction of sp³-hybridized carbons (Fsp3) is 0.522. The summed E-state index contributed by atoms with van der Waals surface area (Å²) < 4.78 is 26.7. The van der Waals surface area contributed by atoms with Crippen molar-refractivity contribution in [3.05, 3.63) is 53.7 Å². The summed E-state index contributed by atoms with van der Waals surface area (Å²) in [6.07, 6.45) is 15.8. The fourth-order valence-electron chi connectivity index (χ4n) is 5.05. The van der Waals surface area contributed by atoms with E-state index >= 15 is 0 Å². The number of carbonyl (C=O) groups is 1. The lowest BCUT2D eigenvalue weighted by molar-refractivity contribution is 0.0905. The third kappa shape index (κ3) is 4.28. The lowest BCUT2D eigenvalue weighted by atomic mass is 9.82. The molecule has 2 aromatic heterocycles. The third-order valence-electron chi connectivity index (χ3n) is 6.60. The summed E-state index contributed by atoms with van der Waals surface area (Å²) >= 11 is 1.04. The Balaban J connectivity index is 1.43. The maximum absolute atomic E-state index is 12.9. The van der Waals surface area contributed by atoms with Crippen LogP contribution >= 0.6 is 11.3 Å². The standard InChI is InChI=1S/C23H30N2O3S2/c1-2-3-4-5-6-9-19-17-10-11-18(16-17)22(19)24-23(26)20-12-13-21(29-20)30(27,28)25-14-7-8-15-25/h5-8,12-15,17-19,22H,2-4,9-11,16H2,1H3,(H,24,26)/b6-5+. The molecule has 2 saturated carbocycles. The van der Waals surface area contributed by atoms with Crippen molar-refractivity contribution >= 4 is 27.3 Å². The van der Waals surface area contributed by atoms with Crippen molar-refractivity contribution in [3.8, 4) is 0 Å². The number of hydrogen-bond acceptors (Lipinski definition) is 4. The highest BCUT2D eigenvalue weighted by Crippen LogP contribution is 2.50. The van der Waals surface area contributed by atoms with E-state index in [4.69, 9.17) is 0 Å². The number of amides is 1. The molecule has 2 fully saturated rings. The molecule has 0 aliphatic heterocycles. The van der Waals surface area contributed by atoms with Crippen LogP contribution < -0.4 is 5.32 Å². The number of nitrogens with one attached hydrogen (secondary N) is 1. The number of hydrogen-bond donors (Lipinski definition) is 1. The van der Waals surface area contributed by atoms with Crippen molar-refractivity contribution < 1.29 is 13.2 Å². The maximum atomic E-state index is 12.9. The summed E-state index contributed by atoms with van der Waals surface area (Å²) in [5, 5.41) is 3.26. The van der Waals surface area contributed by atoms with Gasteiger partial charge in [0.05, 0.1) is 4.88 Å². The lowest BCUT2D eigenvalue weighted by Crippen LogP contribution is -2.43. The van der Waals surface area contributed by atoms with Gasteiger partial charge in [-0.3, -0.25) is 4.79 Å². The largest absolute Gasteiger partial charge is 0.348 e. The Morgan fingerprint density at radius 2 is 1.97 bits per heavy atom. The van der Waals surface area contributed by atoms with E-state index in [1.54, 1.807) is 18.2 Å². The summed E-state index contributed by atoms with van der Waals surface area (Å²) in [4.78, 5) is 13.4. The number of aromatic nitrogens is 1. The van der Waals surface area contributed by atoms with Crippen LogP contribution in [0.5, 0.6) is 0 Å². The zero-order chi connectivity index (χ0) is 21.1. The van der Waals surface area contributed by atoms with E-state index in [0.717, 1.165) is 24.2 Å². The Morgan fingerprint density at radius 1 is 1.20 bits per heavy atom. The topological polar surface area (TPSA) is 68.2 Å². The number of carbonyl (C=O) groups excluding carboxylic acids is 1. The normalized spacial score (nSPS) is 25.9. The highest BCUT2D eigenvalue weighted by molar-refractivity contribution is 7.92. The summed E-state index contributed by atoms with van der Waals surface area (Å²) in [6.45, 7) is 2.20. The summed E-state index contributed by atoms with van der Waals surface area (Å²) in [5.41, 5.74) is 0. The van der Waals surface area contributed by atoms with Gasteiger partial charge in [-0.2, -0.15) is 8.42 Å². The van der Waals surface area contributed by atoms with E-state index in [1.807, 2.05) is 0 Å². The van der Waals surface area contributed by atoms with E-state index in [1.165, 1.54) is 54.5 Å². The average molecular weight is 447 g/mol. The van der Waals surface area contributed by atoms with E-state index in [-0.39, 0.29) is 16.2 Å². The van der Waals surface area contributed by atoms with Crippen LogP contribution in [0, 0.1) is 17.8 Å². The Hall–Kier alpha value is -1.86. The second-order valence-corrected chi connectivity index (χ2v) is 11.6. The van der Waals surface area contributed by atoms with Gasteiger partial charge in [-0.1, -0.05) is 31.9 Å². The van der Waals surface area contributed by atoms with Gasteiger partial charge in [0.25, 0.3) is 15.9 Å². The molecule has 30 heavy (non-hydrogen) atoms. The Bertz CT molecular complexity index is 992. The van der Waals surface area contributed by atoms with Crippen LogP contribution in [-0.2, 0) is 10.0 Å². The third-order valence-corrected chi connectivity index (χ3v) is 9.80. The minimum absolute atomic E-state index is 0.147. The van der Waals surface area contributed by atoms with Crippen LogP contribution in [-0.4, -0.2) is 24.3 Å². The molecular formula is C23H30N2O3S2. The molecule has 1 amide bonds. The molecule has 1 N–H and O–H groups in total. The second kappa shape index (κ2) is 9.10. The second-order valence-electron chi connectivity index (χ2n) is 8.48. The minimum atomic E-state index is -3.63. The van der Waals surface area contributed by atoms with Gasteiger partial charge in [0.1, 0.15) is 4.21 Å². The molecule has 2 heterocycles. The number of fused-ring (bicyclic) bond motifs is 2. The van der Waals surface area contributed by atoms with E-state index in [0.29, 0.717) is 22.6 Å². The van der Waals surface area contributed by atoms with Gasteiger partial charge in [-0.25, -0.2) is 3.97 Å². The van der Waals surface area contributed by atoms with Crippen LogP contribution in [0.4, 0.5) is 0 Å². The van der Waals surface area contributed by atoms with Crippen molar-refractivity contribution in [2.45, 2.75) is 62.1 Å². The van der Waals surface area contributed by atoms with Crippen LogP contribution in [0.1, 0.15) is 61.5 Å². The van der Waals surface area contributed by atoms with Gasteiger partial charge < -0.3 is 5.32 Å². The average Bonchev–Trinajstić information content (AvgIpc) is 3.53. The van der Waals surface area contributed by atoms with Gasteiger partial charge in [-0.15, -0.1) is 11.3 Å². The highest BCUT2D eigenvalue weighted by Gasteiger charge is 2.47. The van der Waals surface area contributed by atoms with Crippen molar-refractivity contribution in [1.29, 1.82) is 0 Å².